The van der Waals surface area contributed by atoms with E-state index in [9.17, 15) is 14.4 Å². The molecule has 8 heteroatoms. The molecule has 1 aliphatic carbocycles. The van der Waals surface area contributed by atoms with Gasteiger partial charge in [-0.25, -0.2) is 4.79 Å². The van der Waals surface area contributed by atoms with Crippen molar-refractivity contribution in [2.24, 2.45) is 11.8 Å². The second-order valence-corrected chi connectivity index (χ2v) is 11.2. The number of amides is 2. The van der Waals surface area contributed by atoms with Gasteiger partial charge in [-0.05, 0) is 95.0 Å². The molecule has 4 rings (SSSR count). The van der Waals surface area contributed by atoms with Gasteiger partial charge in [0.05, 0.1) is 6.54 Å². The number of ether oxygens (including phenoxy) is 2. The second-order valence-electron chi connectivity index (χ2n) is 10.8. The Bertz CT molecular complexity index is 1100. The van der Waals surface area contributed by atoms with Gasteiger partial charge in [-0.3, -0.25) is 9.59 Å². The van der Waals surface area contributed by atoms with E-state index in [1.807, 2.05) is 32.9 Å². The number of ketones is 1. The molecule has 1 heterocycles. The van der Waals surface area contributed by atoms with Gasteiger partial charge in [0.15, 0.2) is 5.78 Å². The normalized spacial score (nSPS) is 16.6. The maximum atomic E-state index is 13.3. The van der Waals surface area contributed by atoms with Gasteiger partial charge >= 0.3 is 6.09 Å². The third-order valence-electron chi connectivity index (χ3n) is 6.83. The topological polar surface area (TPSA) is 76.2 Å². The first-order valence-corrected chi connectivity index (χ1v) is 13.3. The van der Waals surface area contributed by atoms with Crippen molar-refractivity contribution in [1.82, 2.24) is 4.90 Å². The number of Topliss-reactive ketones (excluding diaryl/α,β-unsaturated/α-hetero) is 1. The minimum atomic E-state index is -0.554. The lowest BCUT2D eigenvalue weighted by molar-refractivity contribution is -0.128. The predicted molar refractivity (Wildman–Crippen MR) is 143 cm³/mol. The van der Waals surface area contributed by atoms with Crippen LogP contribution in [-0.2, 0) is 14.3 Å². The molecule has 37 heavy (non-hydrogen) atoms. The average molecular weight is 527 g/mol. The maximum Gasteiger partial charge on any atom is 0.410 e. The molecular weight excluding hydrogens is 492 g/mol. The molecule has 0 unspecified atom stereocenters. The molecule has 2 aliphatic rings. The number of hydrogen-bond acceptors (Lipinski definition) is 5. The molecular formula is C29H35ClN2O5. The molecule has 1 saturated heterocycles. The number of carbonyl (C=O) groups excluding carboxylic acids is 3. The third-order valence-corrected chi connectivity index (χ3v) is 7.09. The molecule has 0 aromatic heterocycles. The first-order chi connectivity index (χ1) is 17.6. The van der Waals surface area contributed by atoms with Crippen LogP contribution in [0.25, 0.3) is 0 Å². The van der Waals surface area contributed by atoms with Crippen LogP contribution in [-0.4, -0.2) is 47.9 Å². The second kappa shape index (κ2) is 11.5. The highest BCUT2D eigenvalue weighted by molar-refractivity contribution is 6.30. The number of halogens is 1. The molecule has 0 spiro atoms. The molecule has 7 nitrogen and oxygen atoms in total. The Kier molecular flexibility index (Phi) is 8.42. The SMILES string of the molecule is CC(C)(C)OC(=O)N1CCC(C(=O)CN(C(=O)C2CCC2)c2ccc(Oc3ccc(Cl)cc3)cc2)CC1. The first-order valence-electron chi connectivity index (χ1n) is 12.9. The highest BCUT2D eigenvalue weighted by Crippen LogP contribution is 2.32. The van der Waals surface area contributed by atoms with Crippen LogP contribution in [0.3, 0.4) is 0 Å². The number of anilines is 1. The highest BCUT2D eigenvalue weighted by atomic mass is 35.5. The molecule has 2 aromatic carbocycles. The van der Waals surface area contributed by atoms with Gasteiger partial charge in [0, 0.05) is 35.6 Å². The van der Waals surface area contributed by atoms with Crippen LogP contribution >= 0.6 is 11.6 Å². The fourth-order valence-corrected chi connectivity index (χ4v) is 4.63. The Hall–Kier alpha value is -3.06. The Morgan fingerprint density at radius 3 is 1.97 bits per heavy atom. The Labute approximate surface area is 223 Å². The number of hydrogen-bond donors (Lipinski definition) is 0. The minimum absolute atomic E-state index is 0.00263. The monoisotopic (exact) mass is 526 g/mol. The summed E-state index contributed by atoms with van der Waals surface area (Å²) in [5.41, 5.74) is 0.126. The van der Waals surface area contributed by atoms with Crippen LogP contribution in [0.5, 0.6) is 11.5 Å². The summed E-state index contributed by atoms with van der Waals surface area (Å²) in [5, 5.41) is 0.632. The first kappa shape index (κ1) is 27.0. The third kappa shape index (κ3) is 7.25. The van der Waals surface area contributed by atoms with E-state index in [1.165, 1.54) is 0 Å². The van der Waals surface area contributed by atoms with Crippen molar-refractivity contribution < 1.29 is 23.9 Å². The minimum Gasteiger partial charge on any atom is -0.457 e. The van der Waals surface area contributed by atoms with Gasteiger partial charge in [0.1, 0.15) is 17.1 Å². The standard InChI is InChI=1S/C29H35ClN2O5/c1-29(2,3)37-28(35)31-17-15-20(16-18-31)26(33)19-32(27(34)21-5-4-6-21)23-9-13-25(14-10-23)36-24-11-7-22(30)8-12-24/h7-14,20-21H,4-6,15-19H2,1-3H3. The zero-order valence-electron chi connectivity index (χ0n) is 21.7. The smallest absolute Gasteiger partial charge is 0.410 e. The van der Waals surface area contributed by atoms with Crippen molar-refractivity contribution >= 4 is 35.1 Å². The molecule has 0 N–H and O–H groups in total. The van der Waals surface area contributed by atoms with Gasteiger partial charge in [-0.1, -0.05) is 18.0 Å². The molecule has 2 aromatic rings. The van der Waals surface area contributed by atoms with Crippen LogP contribution in [0.1, 0.15) is 52.9 Å². The van der Waals surface area contributed by atoms with E-state index in [0.717, 1.165) is 19.3 Å². The molecule has 198 valence electrons. The van der Waals surface area contributed by atoms with Gasteiger partial charge in [0.25, 0.3) is 0 Å². The summed E-state index contributed by atoms with van der Waals surface area (Å²) < 4.78 is 11.3. The summed E-state index contributed by atoms with van der Waals surface area (Å²) in [6, 6.07) is 14.3. The summed E-state index contributed by atoms with van der Waals surface area (Å²) >= 11 is 5.94. The zero-order valence-corrected chi connectivity index (χ0v) is 22.5. The lowest BCUT2D eigenvalue weighted by Gasteiger charge is -2.35. The molecule has 2 amide bonds. The largest absolute Gasteiger partial charge is 0.457 e. The number of benzene rings is 2. The molecule has 1 aliphatic heterocycles. The van der Waals surface area contributed by atoms with Crippen molar-refractivity contribution in [3.63, 3.8) is 0 Å². The van der Waals surface area contributed by atoms with Crippen molar-refractivity contribution in [2.45, 2.75) is 58.5 Å². The van der Waals surface area contributed by atoms with Crippen LogP contribution in [0, 0.1) is 11.8 Å². The van der Waals surface area contributed by atoms with E-state index in [4.69, 9.17) is 21.1 Å². The molecule has 0 bridgehead atoms. The summed E-state index contributed by atoms with van der Waals surface area (Å²) in [6.07, 6.45) is 3.54. The number of likely N-dealkylation sites (tertiary alicyclic amines) is 1. The van der Waals surface area contributed by atoms with Crippen molar-refractivity contribution in [3.8, 4) is 11.5 Å². The van der Waals surface area contributed by atoms with Crippen LogP contribution in [0.15, 0.2) is 48.5 Å². The summed E-state index contributed by atoms with van der Waals surface area (Å²) in [5.74, 6) is 1.08. The summed E-state index contributed by atoms with van der Waals surface area (Å²) in [4.78, 5) is 42.2. The van der Waals surface area contributed by atoms with Gasteiger partial charge in [-0.2, -0.15) is 0 Å². The van der Waals surface area contributed by atoms with E-state index < -0.39 is 5.60 Å². The van der Waals surface area contributed by atoms with E-state index in [0.29, 0.717) is 48.1 Å². The zero-order chi connectivity index (χ0) is 26.6. The molecule has 0 radical (unpaired) electrons. The van der Waals surface area contributed by atoms with Crippen LogP contribution in [0.2, 0.25) is 5.02 Å². The van der Waals surface area contributed by atoms with E-state index in [2.05, 4.69) is 0 Å². The number of carbonyl (C=O) groups is 3. The molecule has 0 atom stereocenters. The lowest BCUT2D eigenvalue weighted by Crippen LogP contribution is -2.46. The number of nitrogens with zero attached hydrogens (tertiary/aromatic N) is 2. The van der Waals surface area contributed by atoms with Crippen LogP contribution in [0.4, 0.5) is 10.5 Å². The summed E-state index contributed by atoms with van der Waals surface area (Å²) in [6.45, 7) is 6.49. The van der Waals surface area contributed by atoms with Gasteiger partial charge in [-0.15, -0.1) is 0 Å². The highest BCUT2D eigenvalue weighted by Gasteiger charge is 2.34. The predicted octanol–water partition coefficient (Wildman–Crippen LogP) is 6.48. The Morgan fingerprint density at radius 1 is 0.892 bits per heavy atom. The number of rotatable bonds is 7. The lowest BCUT2D eigenvalue weighted by atomic mass is 9.84. The molecule has 1 saturated carbocycles. The van der Waals surface area contributed by atoms with Gasteiger partial charge < -0.3 is 19.3 Å². The molecule has 2 fully saturated rings. The maximum absolute atomic E-state index is 13.3. The fourth-order valence-electron chi connectivity index (χ4n) is 4.50. The quantitative estimate of drug-likeness (QED) is 0.412. The van der Waals surface area contributed by atoms with Crippen molar-refractivity contribution in [1.29, 1.82) is 0 Å². The van der Waals surface area contributed by atoms with E-state index in [1.54, 1.807) is 46.2 Å². The fraction of sp³-hybridized carbons (Fsp3) is 0.483. The van der Waals surface area contributed by atoms with Crippen molar-refractivity contribution in [3.05, 3.63) is 53.6 Å². The average Bonchev–Trinajstić information content (AvgIpc) is 2.82. The number of piperidine rings is 1. The Morgan fingerprint density at radius 2 is 1.46 bits per heavy atom. The van der Waals surface area contributed by atoms with Crippen molar-refractivity contribution in [2.75, 3.05) is 24.5 Å². The van der Waals surface area contributed by atoms with Gasteiger partial charge in [0.2, 0.25) is 5.91 Å². The Balaban J connectivity index is 1.40. The summed E-state index contributed by atoms with van der Waals surface area (Å²) in [7, 11) is 0. The van der Waals surface area contributed by atoms with E-state index >= 15 is 0 Å². The van der Waals surface area contributed by atoms with E-state index in [-0.39, 0.29) is 36.2 Å². The van der Waals surface area contributed by atoms with Crippen LogP contribution < -0.4 is 9.64 Å².